The fourth-order valence-corrected chi connectivity index (χ4v) is 5.03. The predicted molar refractivity (Wildman–Crippen MR) is 118 cm³/mol. The van der Waals surface area contributed by atoms with Gasteiger partial charge < -0.3 is 0 Å². The van der Waals surface area contributed by atoms with E-state index in [0.717, 1.165) is 27.8 Å². The van der Waals surface area contributed by atoms with Crippen LogP contribution in [0.4, 0.5) is 0 Å². The molecule has 3 aromatic carbocycles. The minimum Gasteiger partial charge on any atom is -0.288 e. The van der Waals surface area contributed by atoms with Gasteiger partial charge in [0, 0.05) is 5.56 Å². The first-order chi connectivity index (χ1) is 13.7. The first kappa shape index (κ1) is 20.8. The van der Waals surface area contributed by atoms with Crippen LogP contribution in [-0.4, -0.2) is 11.3 Å². The zero-order valence-electron chi connectivity index (χ0n) is 17.4. The molecule has 0 aromatic heterocycles. The number of carbonyl (C=O) groups excluding carboxylic acids is 2. The van der Waals surface area contributed by atoms with Crippen molar-refractivity contribution < 1.29 is 14.2 Å². The van der Waals surface area contributed by atoms with Crippen molar-refractivity contribution in [2.24, 2.45) is 0 Å². The Hall–Kier alpha value is -2.90. The number of ketones is 1. The van der Waals surface area contributed by atoms with Gasteiger partial charge in [-0.15, -0.1) is 0 Å². The van der Waals surface area contributed by atoms with Crippen molar-refractivity contribution in [2.45, 2.75) is 34.6 Å². The van der Waals surface area contributed by atoms with E-state index in [1.54, 1.807) is 24.3 Å². The van der Waals surface area contributed by atoms with Crippen molar-refractivity contribution in [3.8, 4) is 0 Å². The summed E-state index contributed by atoms with van der Waals surface area (Å²) in [5, 5.41) is 0.292. The van der Waals surface area contributed by atoms with E-state index in [1.165, 1.54) is 0 Å². The van der Waals surface area contributed by atoms with Gasteiger partial charge in [-0.05, 0) is 74.6 Å². The van der Waals surface area contributed by atoms with Crippen molar-refractivity contribution in [1.29, 1.82) is 0 Å². The quantitative estimate of drug-likeness (QED) is 0.402. The maximum Gasteiger partial charge on any atom is 0.459 e. The molecule has 0 saturated carbocycles. The summed E-state index contributed by atoms with van der Waals surface area (Å²) in [6.07, 6.45) is 0. The van der Waals surface area contributed by atoms with Gasteiger partial charge in [-0.1, -0.05) is 47.0 Å². The van der Waals surface area contributed by atoms with E-state index in [9.17, 15) is 14.2 Å². The van der Waals surface area contributed by atoms with Gasteiger partial charge >= 0.3 is 13.3 Å². The molecule has 3 aromatic rings. The maximum atomic E-state index is 13.4. The highest BCUT2D eigenvalue weighted by atomic mass is 31.1. The Morgan fingerprint density at radius 2 is 1.21 bits per heavy atom. The second-order valence-corrected chi connectivity index (χ2v) is 8.89. The number of carbonyl (C=O) groups is 2. The third kappa shape index (κ3) is 3.83. The second kappa shape index (κ2) is 8.23. The molecule has 4 heteroatoms. The molecule has 0 aliphatic rings. The summed E-state index contributed by atoms with van der Waals surface area (Å²) >= 11 is 0. The molecular formula is C25H24O3P+. The summed E-state index contributed by atoms with van der Waals surface area (Å²) in [6, 6.07) is 16.2. The van der Waals surface area contributed by atoms with E-state index in [2.05, 4.69) is 0 Å². The summed E-state index contributed by atoms with van der Waals surface area (Å²) in [5.74, 6) is -0.197. The number of rotatable bonds is 5. The number of benzene rings is 3. The number of hydrogen-bond donors (Lipinski definition) is 0. The highest BCUT2D eigenvalue weighted by molar-refractivity contribution is 7.71. The van der Waals surface area contributed by atoms with E-state index in [0.29, 0.717) is 22.0 Å². The standard InChI is InChI=1S/C25H24O3P/c1-15-13-14-18(4)23(19(15)5)24(26)20-11-6-7-12-21(20)29(28)25(27)22-16(2)9-8-10-17(22)3/h6-14H,1-5H3/q+1. The normalized spacial score (nSPS) is 11.3. The fourth-order valence-electron chi connectivity index (χ4n) is 3.64. The molecule has 146 valence electrons. The van der Waals surface area contributed by atoms with Gasteiger partial charge in [0.2, 0.25) is 5.30 Å². The first-order valence-electron chi connectivity index (χ1n) is 9.52. The van der Waals surface area contributed by atoms with Crippen LogP contribution in [0.1, 0.15) is 54.1 Å². The number of hydrogen-bond acceptors (Lipinski definition) is 3. The second-order valence-electron chi connectivity index (χ2n) is 7.41. The van der Waals surface area contributed by atoms with Crippen LogP contribution in [0.5, 0.6) is 0 Å². The summed E-state index contributed by atoms with van der Waals surface area (Å²) in [6.45, 7) is 9.44. The minimum atomic E-state index is -2.43. The molecule has 0 spiro atoms. The van der Waals surface area contributed by atoms with Gasteiger partial charge in [0.25, 0.3) is 0 Å². The molecule has 0 heterocycles. The highest BCUT2D eigenvalue weighted by Crippen LogP contribution is 2.32. The lowest BCUT2D eigenvalue weighted by molar-refractivity contribution is 0.103. The van der Waals surface area contributed by atoms with Gasteiger partial charge in [0.15, 0.2) is 5.78 Å². The van der Waals surface area contributed by atoms with Crippen molar-refractivity contribution in [3.63, 3.8) is 0 Å². The molecule has 0 radical (unpaired) electrons. The van der Waals surface area contributed by atoms with Gasteiger partial charge in [0.1, 0.15) is 0 Å². The van der Waals surface area contributed by atoms with Crippen LogP contribution in [0.3, 0.4) is 0 Å². The van der Waals surface area contributed by atoms with Crippen LogP contribution in [0.15, 0.2) is 54.6 Å². The zero-order valence-corrected chi connectivity index (χ0v) is 18.3. The molecule has 0 N–H and O–H groups in total. The molecule has 29 heavy (non-hydrogen) atoms. The molecule has 0 fully saturated rings. The third-order valence-corrected chi connectivity index (χ3v) is 6.84. The van der Waals surface area contributed by atoms with E-state index < -0.39 is 13.3 Å². The van der Waals surface area contributed by atoms with Crippen LogP contribution in [0.25, 0.3) is 0 Å². The lowest BCUT2D eigenvalue weighted by atomic mass is 9.92. The fraction of sp³-hybridized carbons (Fsp3) is 0.200. The van der Waals surface area contributed by atoms with Gasteiger partial charge in [-0.25, -0.2) is 4.79 Å². The lowest BCUT2D eigenvalue weighted by Gasteiger charge is -2.11. The topological polar surface area (TPSA) is 51.2 Å². The number of aryl methyl sites for hydroxylation is 4. The molecule has 3 rings (SSSR count). The Morgan fingerprint density at radius 1 is 0.655 bits per heavy atom. The molecule has 1 unspecified atom stereocenters. The van der Waals surface area contributed by atoms with E-state index in [-0.39, 0.29) is 5.78 Å². The Balaban J connectivity index is 2.11. The van der Waals surface area contributed by atoms with Gasteiger partial charge in [-0.3, -0.25) is 4.79 Å². The van der Waals surface area contributed by atoms with E-state index >= 15 is 0 Å². The minimum absolute atomic E-state index is 0.197. The van der Waals surface area contributed by atoms with Gasteiger partial charge in [-0.2, -0.15) is 0 Å². The predicted octanol–water partition coefficient (Wildman–Crippen LogP) is 5.75. The zero-order chi connectivity index (χ0) is 21.3. The van der Waals surface area contributed by atoms with Crippen LogP contribution < -0.4 is 5.30 Å². The summed E-state index contributed by atoms with van der Waals surface area (Å²) in [5.41, 5.74) is 5.33. The lowest BCUT2D eigenvalue weighted by Crippen LogP contribution is -2.18. The van der Waals surface area contributed by atoms with Crippen LogP contribution in [0, 0.1) is 34.6 Å². The third-order valence-electron chi connectivity index (χ3n) is 5.42. The Labute approximate surface area is 172 Å². The Morgan fingerprint density at radius 3 is 1.86 bits per heavy atom. The summed E-state index contributed by atoms with van der Waals surface area (Å²) in [7, 11) is -2.43. The largest absolute Gasteiger partial charge is 0.459 e. The Bertz CT molecular complexity index is 1140. The molecule has 1 atom stereocenters. The molecule has 0 saturated heterocycles. The molecule has 0 aliphatic carbocycles. The van der Waals surface area contributed by atoms with Crippen molar-refractivity contribution in [2.75, 3.05) is 0 Å². The molecule has 0 bridgehead atoms. The first-order valence-corrected chi connectivity index (χ1v) is 10.8. The molecule has 0 amide bonds. The van der Waals surface area contributed by atoms with E-state index in [1.807, 2.05) is 65.0 Å². The van der Waals surface area contributed by atoms with E-state index in [4.69, 9.17) is 0 Å². The Kier molecular flexibility index (Phi) is 5.91. The molecule has 3 nitrogen and oxygen atoms in total. The maximum absolute atomic E-state index is 13.4. The van der Waals surface area contributed by atoms with Crippen molar-refractivity contribution in [3.05, 3.63) is 99.1 Å². The SMILES string of the molecule is Cc1ccc(C)c(C(=O)c2ccccc2[P+](=O)C(=O)c2c(C)cccc2C)c1C. The van der Waals surface area contributed by atoms with Crippen LogP contribution >= 0.6 is 7.80 Å². The molecule has 0 aliphatic heterocycles. The molecular weight excluding hydrogens is 379 g/mol. The average molecular weight is 403 g/mol. The van der Waals surface area contributed by atoms with Crippen LogP contribution in [-0.2, 0) is 4.57 Å². The average Bonchev–Trinajstić information content (AvgIpc) is 2.70. The van der Waals surface area contributed by atoms with Gasteiger partial charge in [0.05, 0.1) is 11.1 Å². The monoisotopic (exact) mass is 403 g/mol. The summed E-state index contributed by atoms with van der Waals surface area (Å²) in [4.78, 5) is 26.5. The smallest absolute Gasteiger partial charge is 0.288 e. The van der Waals surface area contributed by atoms with Crippen molar-refractivity contribution in [1.82, 2.24) is 0 Å². The highest BCUT2D eigenvalue weighted by Gasteiger charge is 2.38. The van der Waals surface area contributed by atoms with Crippen molar-refractivity contribution >= 4 is 24.4 Å². The summed E-state index contributed by atoms with van der Waals surface area (Å²) < 4.78 is 13.3. The van der Waals surface area contributed by atoms with Crippen LogP contribution in [0.2, 0.25) is 0 Å².